The lowest BCUT2D eigenvalue weighted by Gasteiger charge is -2.09. The number of rotatable bonds is 4. The second-order valence-corrected chi connectivity index (χ2v) is 5.59. The summed E-state index contributed by atoms with van der Waals surface area (Å²) in [6.07, 6.45) is 1.43. The van der Waals surface area contributed by atoms with Crippen molar-refractivity contribution in [2.75, 3.05) is 7.11 Å². The molecule has 0 radical (unpaired) electrons. The Labute approximate surface area is 144 Å². The van der Waals surface area contributed by atoms with Gasteiger partial charge in [-0.3, -0.25) is 14.2 Å². The highest BCUT2D eigenvalue weighted by Crippen LogP contribution is 2.23. The van der Waals surface area contributed by atoms with Gasteiger partial charge in [0.1, 0.15) is 11.6 Å². The van der Waals surface area contributed by atoms with Gasteiger partial charge in [-0.15, -0.1) is 0 Å². The van der Waals surface area contributed by atoms with E-state index < -0.39 is 5.82 Å². The minimum Gasteiger partial charge on any atom is -0.496 e. The summed E-state index contributed by atoms with van der Waals surface area (Å²) < 4.78 is 20.2. The SMILES string of the molecule is COc1ccccc1CNC(=O)c1cn(C(C)=O)c2ccc(F)cc12. The zero-order valence-electron chi connectivity index (χ0n) is 13.9. The number of aromatic nitrogens is 1. The molecule has 5 nitrogen and oxygen atoms in total. The second kappa shape index (κ2) is 6.76. The van der Waals surface area contributed by atoms with E-state index in [4.69, 9.17) is 4.74 Å². The van der Waals surface area contributed by atoms with E-state index in [-0.39, 0.29) is 23.9 Å². The number of carbonyl (C=O) groups excluding carboxylic acids is 2. The third-order valence-corrected chi connectivity index (χ3v) is 3.98. The van der Waals surface area contributed by atoms with Gasteiger partial charge in [-0.2, -0.15) is 0 Å². The summed E-state index contributed by atoms with van der Waals surface area (Å²) in [4.78, 5) is 24.3. The number of fused-ring (bicyclic) bond motifs is 1. The predicted octanol–water partition coefficient (Wildman–Crippen LogP) is 3.38. The van der Waals surface area contributed by atoms with E-state index in [9.17, 15) is 14.0 Å². The second-order valence-electron chi connectivity index (χ2n) is 5.59. The summed E-state index contributed by atoms with van der Waals surface area (Å²) in [7, 11) is 1.56. The molecule has 6 heteroatoms. The molecule has 0 aliphatic heterocycles. The van der Waals surface area contributed by atoms with Crippen molar-refractivity contribution >= 4 is 22.7 Å². The number of ether oxygens (including phenoxy) is 1. The minimum atomic E-state index is -0.465. The largest absolute Gasteiger partial charge is 0.496 e. The Morgan fingerprint density at radius 3 is 2.68 bits per heavy atom. The smallest absolute Gasteiger partial charge is 0.253 e. The lowest BCUT2D eigenvalue weighted by molar-refractivity contribution is 0.0941. The molecule has 2 aromatic carbocycles. The van der Waals surface area contributed by atoms with Crippen molar-refractivity contribution in [3.05, 3.63) is 65.6 Å². The monoisotopic (exact) mass is 340 g/mol. The van der Waals surface area contributed by atoms with E-state index in [1.165, 1.54) is 35.9 Å². The standard InChI is InChI=1S/C19H17FN2O3/c1-12(23)22-11-16(15-9-14(20)7-8-17(15)22)19(24)21-10-13-5-3-4-6-18(13)25-2/h3-9,11H,10H2,1-2H3,(H,21,24). The first kappa shape index (κ1) is 16.7. The quantitative estimate of drug-likeness (QED) is 0.792. The van der Waals surface area contributed by atoms with Crippen LogP contribution in [0.25, 0.3) is 10.9 Å². The van der Waals surface area contributed by atoms with Crippen molar-refractivity contribution in [1.29, 1.82) is 0 Å². The normalized spacial score (nSPS) is 10.7. The number of halogens is 1. The van der Waals surface area contributed by atoms with E-state index in [0.29, 0.717) is 16.7 Å². The maximum Gasteiger partial charge on any atom is 0.253 e. The van der Waals surface area contributed by atoms with Crippen molar-refractivity contribution in [1.82, 2.24) is 9.88 Å². The molecule has 0 unspecified atom stereocenters. The van der Waals surface area contributed by atoms with Gasteiger partial charge in [-0.05, 0) is 24.3 Å². The fourth-order valence-electron chi connectivity index (χ4n) is 2.76. The molecule has 0 spiro atoms. The number of nitrogens with one attached hydrogen (secondary N) is 1. The molecule has 1 aromatic heterocycles. The van der Waals surface area contributed by atoms with Crippen molar-refractivity contribution in [2.24, 2.45) is 0 Å². The predicted molar refractivity (Wildman–Crippen MR) is 92.4 cm³/mol. The summed E-state index contributed by atoms with van der Waals surface area (Å²) >= 11 is 0. The number of benzene rings is 2. The average Bonchev–Trinajstić information content (AvgIpc) is 2.98. The lowest BCUT2D eigenvalue weighted by Crippen LogP contribution is -2.23. The maximum atomic E-state index is 13.6. The number of hydrogen-bond donors (Lipinski definition) is 1. The van der Waals surface area contributed by atoms with E-state index in [1.54, 1.807) is 13.2 Å². The van der Waals surface area contributed by atoms with Crippen LogP contribution in [0.1, 0.15) is 27.6 Å². The van der Waals surface area contributed by atoms with Gasteiger partial charge in [-0.1, -0.05) is 18.2 Å². The summed E-state index contributed by atoms with van der Waals surface area (Å²) in [5.74, 6) is -0.436. The van der Waals surface area contributed by atoms with Crippen LogP contribution in [0, 0.1) is 5.82 Å². The molecule has 1 heterocycles. The number of methoxy groups -OCH3 is 1. The van der Waals surface area contributed by atoms with E-state index in [1.807, 2.05) is 18.2 Å². The Balaban J connectivity index is 1.92. The van der Waals surface area contributed by atoms with Gasteiger partial charge in [0.2, 0.25) is 5.91 Å². The van der Waals surface area contributed by atoms with Crippen LogP contribution < -0.4 is 10.1 Å². The molecular weight excluding hydrogens is 323 g/mol. The number of para-hydroxylation sites is 1. The fraction of sp³-hybridized carbons (Fsp3) is 0.158. The first-order valence-corrected chi connectivity index (χ1v) is 7.73. The van der Waals surface area contributed by atoms with Gasteiger partial charge >= 0.3 is 0 Å². The van der Waals surface area contributed by atoms with Gasteiger partial charge in [-0.25, -0.2) is 4.39 Å². The molecule has 3 aromatic rings. The molecule has 3 rings (SSSR count). The Kier molecular flexibility index (Phi) is 4.52. The molecule has 0 atom stereocenters. The molecule has 25 heavy (non-hydrogen) atoms. The zero-order valence-corrected chi connectivity index (χ0v) is 13.9. The molecule has 0 aliphatic carbocycles. The molecule has 0 saturated carbocycles. The number of carbonyl (C=O) groups is 2. The third kappa shape index (κ3) is 3.24. The highest BCUT2D eigenvalue weighted by molar-refractivity contribution is 6.09. The highest BCUT2D eigenvalue weighted by atomic mass is 19.1. The van der Waals surface area contributed by atoms with E-state index >= 15 is 0 Å². The van der Waals surface area contributed by atoms with Crippen molar-refractivity contribution in [2.45, 2.75) is 13.5 Å². The average molecular weight is 340 g/mol. The van der Waals surface area contributed by atoms with Crippen LogP contribution in [-0.2, 0) is 6.54 Å². The van der Waals surface area contributed by atoms with Crippen LogP contribution in [0.4, 0.5) is 4.39 Å². The Morgan fingerprint density at radius 1 is 1.20 bits per heavy atom. The van der Waals surface area contributed by atoms with Gasteiger partial charge in [0.25, 0.3) is 5.91 Å². The molecule has 128 valence electrons. The molecule has 0 saturated heterocycles. The topological polar surface area (TPSA) is 60.3 Å². The van der Waals surface area contributed by atoms with E-state index in [2.05, 4.69) is 5.32 Å². The van der Waals surface area contributed by atoms with Crippen LogP contribution in [0.15, 0.2) is 48.7 Å². The Bertz CT molecular complexity index is 962. The molecule has 0 aliphatic rings. The van der Waals surface area contributed by atoms with Gasteiger partial charge in [0.15, 0.2) is 0 Å². The molecule has 1 N–H and O–H groups in total. The van der Waals surface area contributed by atoms with Crippen LogP contribution in [0.2, 0.25) is 0 Å². The van der Waals surface area contributed by atoms with Crippen LogP contribution in [-0.4, -0.2) is 23.5 Å². The summed E-state index contributed by atoms with van der Waals surface area (Å²) in [5, 5.41) is 3.18. The van der Waals surface area contributed by atoms with Crippen LogP contribution in [0.3, 0.4) is 0 Å². The van der Waals surface area contributed by atoms with Crippen molar-refractivity contribution in [3.8, 4) is 5.75 Å². The summed E-state index contributed by atoms with van der Waals surface area (Å²) in [6.45, 7) is 1.64. The minimum absolute atomic E-state index is 0.250. The number of hydrogen-bond acceptors (Lipinski definition) is 3. The zero-order chi connectivity index (χ0) is 18.0. The molecule has 0 bridgehead atoms. The van der Waals surface area contributed by atoms with Crippen molar-refractivity contribution < 1.29 is 18.7 Å². The van der Waals surface area contributed by atoms with Gasteiger partial charge in [0.05, 0.1) is 18.2 Å². The van der Waals surface area contributed by atoms with E-state index in [0.717, 1.165) is 5.56 Å². The Morgan fingerprint density at radius 2 is 1.96 bits per heavy atom. The molecule has 1 amide bonds. The first-order valence-electron chi connectivity index (χ1n) is 7.73. The number of amides is 1. The van der Waals surface area contributed by atoms with Crippen LogP contribution >= 0.6 is 0 Å². The number of nitrogens with zero attached hydrogens (tertiary/aromatic N) is 1. The molecular formula is C19H17FN2O3. The molecule has 0 fully saturated rings. The van der Waals surface area contributed by atoms with Crippen molar-refractivity contribution in [3.63, 3.8) is 0 Å². The highest BCUT2D eigenvalue weighted by Gasteiger charge is 2.17. The van der Waals surface area contributed by atoms with Gasteiger partial charge < -0.3 is 10.1 Å². The van der Waals surface area contributed by atoms with Gasteiger partial charge in [0, 0.05) is 30.6 Å². The van der Waals surface area contributed by atoms with Crippen LogP contribution in [0.5, 0.6) is 5.75 Å². The lowest BCUT2D eigenvalue weighted by atomic mass is 10.1. The Hall–Kier alpha value is -3.15. The first-order chi connectivity index (χ1) is 12.0. The third-order valence-electron chi connectivity index (χ3n) is 3.98. The fourth-order valence-corrected chi connectivity index (χ4v) is 2.76. The summed E-state index contributed by atoms with van der Waals surface area (Å²) in [6, 6.07) is 11.3. The maximum absolute atomic E-state index is 13.6. The summed E-state index contributed by atoms with van der Waals surface area (Å²) in [5.41, 5.74) is 1.57.